The largest absolute Gasteiger partial charge is 0.466 e. The molecule has 0 spiro atoms. The van der Waals surface area contributed by atoms with Crippen LogP contribution in [0, 0.1) is 0 Å². The average molecular weight is 267 g/mol. The van der Waals surface area contributed by atoms with Gasteiger partial charge in [-0.1, -0.05) is 0 Å². The molecular weight excluding hydrogens is 250 g/mol. The van der Waals surface area contributed by atoms with Gasteiger partial charge in [-0.25, -0.2) is 0 Å². The van der Waals surface area contributed by atoms with Gasteiger partial charge in [-0.15, -0.1) is 11.8 Å². The molecule has 0 saturated carbocycles. The van der Waals surface area contributed by atoms with Crippen molar-refractivity contribution < 1.29 is 14.3 Å². The summed E-state index contributed by atoms with van der Waals surface area (Å²) in [4.78, 5) is 23.9. The van der Waals surface area contributed by atoms with Crippen LogP contribution in [0.25, 0.3) is 0 Å². The van der Waals surface area contributed by atoms with Gasteiger partial charge in [0.25, 0.3) is 5.91 Å². The molecule has 4 nitrogen and oxygen atoms in total. The summed E-state index contributed by atoms with van der Waals surface area (Å²) < 4.78 is 4.77. The van der Waals surface area contributed by atoms with Crippen molar-refractivity contribution in [1.29, 1.82) is 0 Å². The van der Waals surface area contributed by atoms with E-state index in [1.807, 2.05) is 18.4 Å². The standard InChI is InChI=1S/C13H17NO3S/c1-3-17-12(15)8-9-14-13(16)10-4-6-11(18-2)7-5-10/h4-7H,3,8-9H2,1-2H3,(H,14,16). The molecule has 0 aliphatic heterocycles. The minimum Gasteiger partial charge on any atom is -0.466 e. The van der Waals surface area contributed by atoms with Crippen molar-refractivity contribution in [2.24, 2.45) is 0 Å². The SMILES string of the molecule is CCOC(=O)CCNC(=O)c1ccc(SC)cc1. The van der Waals surface area contributed by atoms with Crippen molar-refractivity contribution in [3.63, 3.8) is 0 Å². The van der Waals surface area contributed by atoms with E-state index in [1.54, 1.807) is 30.8 Å². The lowest BCUT2D eigenvalue weighted by molar-refractivity contribution is -0.142. The topological polar surface area (TPSA) is 55.4 Å². The van der Waals surface area contributed by atoms with Gasteiger partial charge < -0.3 is 10.1 Å². The third-order valence-electron chi connectivity index (χ3n) is 2.27. The van der Waals surface area contributed by atoms with Gasteiger partial charge in [-0.3, -0.25) is 9.59 Å². The van der Waals surface area contributed by atoms with E-state index in [0.717, 1.165) is 4.90 Å². The Morgan fingerprint density at radius 2 is 1.94 bits per heavy atom. The Morgan fingerprint density at radius 1 is 1.28 bits per heavy atom. The molecule has 5 heteroatoms. The van der Waals surface area contributed by atoms with E-state index < -0.39 is 0 Å². The van der Waals surface area contributed by atoms with Gasteiger partial charge in [-0.2, -0.15) is 0 Å². The molecule has 0 aromatic heterocycles. The zero-order valence-corrected chi connectivity index (χ0v) is 11.4. The Labute approximate surface area is 111 Å². The Hall–Kier alpha value is -1.49. The number of hydrogen-bond acceptors (Lipinski definition) is 4. The van der Waals surface area contributed by atoms with Crippen LogP contribution in [0.4, 0.5) is 0 Å². The zero-order chi connectivity index (χ0) is 13.4. The fraction of sp³-hybridized carbons (Fsp3) is 0.385. The lowest BCUT2D eigenvalue weighted by Gasteiger charge is -2.05. The average Bonchev–Trinajstić information content (AvgIpc) is 2.39. The van der Waals surface area contributed by atoms with Crippen LogP contribution in [0.15, 0.2) is 29.2 Å². The molecule has 18 heavy (non-hydrogen) atoms. The maximum Gasteiger partial charge on any atom is 0.307 e. The molecule has 1 N–H and O–H groups in total. The summed E-state index contributed by atoms with van der Waals surface area (Å²) in [5, 5.41) is 2.68. The molecule has 0 aliphatic carbocycles. The molecule has 1 rings (SSSR count). The van der Waals surface area contributed by atoms with Crippen LogP contribution in [0.2, 0.25) is 0 Å². The number of amides is 1. The van der Waals surface area contributed by atoms with Gasteiger partial charge >= 0.3 is 5.97 Å². The number of esters is 1. The summed E-state index contributed by atoms with van der Waals surface area (Å²) in [5.74, 6) is -0.470. The van der Waals surface area contributed by atoms with Crippen molar-refractivity contribution >= 4 is 23.6 Å². The molecule has 98 valence electrons. The summed E-state index contributed by atoms with van der Waals surface area (Å²) in [6.45, 7) is 2.41. The summed E-state index contributed by atoms with van der Waals surface area (Å²) in [6.07, 6.45) is 2.18. The summed E-state index contributed by atoms with van der Waals surface area (Å²) >= 11 is 1.62. The maximum atomic E-state index is 11.7. The summed E-state index contributed by atoms with van der Waals surface area (Å²) in [7, 11) is 0. The van der Waals surface area contributed by atoms with Gasteiger partial charge in [0, 0.05) is 17.0 Å². The minimum atomic E-state index is -0.296. The number of thioether (sulfide) groups is 1. The van der Waals surface area contributed by atoms with Gasteiger partial charge in [-0.05, 0) is 37.4 Å². The number of hydrogen-bond donors (Lipinski definition) is 1. The molecule has 1 aromatic carbocycles. The molecule has 0 heterocycles. The van der Waals surface area contributed by atoms with Crippen molar-refractivity contribution in [2.45, 2.75) is 18.2 Å². The lowest BCUT2D eigenvalue weighted by atomic mass is 10.2. The molecule has 1 amide bonds. The molecule has 0 aliphatic rings. The normalized spacial score (nSPS) is 9.89. The van der Waals surface area contributed by atoms with Gasteiger partial charge in [0.15, 0.2) is 0 Å². The number of ether oxygens (including phenoxy) is 1. The van der Waals surface area contributed by atoms with Gasteiger partial charge in [0.2, 0.25) is 0 Å². The van der Waals surface area contributed by atoms with E-state index in [0.29, 0.717) is 18.7 Å². The predicted octanol–water partition coefficient (Wildman–Crippen LogP) is 2.09. The Kier molecular flexibility index (Phi) is 6.28. The molecule has 0 bridgehead atoms. The van der Waals surface area contributed by atoms with Crippen LogP contribution in [0.1, 0.15) is 23.7 Å². The number of carbonyl (C=O) groups is 2. The highest BCUT2D eigenvalue weighted by Gasteiger charge is 2.06. The van der Waals surface area contributed by atoms with Crippen LogP contribution in [-0.2, 0) is 9.53 Å². The monoisotopic (exact) mass is 267 g/mol. The summed E-state index contributed by atoms with van der Waals surface area (Å²) in [6, 6.07) is 7.33. The number of nitrogens with one attached hydrogen (secondary N) is 1. The van der Waals surface area contributed by atoms with Crippen LogP contribution in [-0.4, -0.2) is 31.3 Å². The van der Waals surface area contributed by atoms with E-state index in [4.69, 9.17) is 4.74 Å². The van der Waals surface area contributed by atoms with E-state index in [-0.39, 0.29) is 18.3 Å². The van der Waals surface area contributed by atoms with E-state index >= 15 is 0 Å². The first-order valence-electron chi connectivity index (χ1n) is 5.75. The molecule has 0 fully saturated rings. The second-order valence-electron chi connectivity index (χ2n) is 3.54. The van der Waals surface area contributed by atoms with Crippen molar-refractivity contribution in [1.82, 2.24) is 5.32 Å². The molecule has 0 unspecified atom stereocenters. The van der Waals surface area contributed by atoms with Crippen LogP contribution >= 0.6 is 11.8 Å². The fourth-order valence-electron chi connectivity index (χ4n) is 1.36. The maximum absolute atomic E-state index is 11.7. The Morgan fingerprint density at radius 3 is 2.50 bits per heavy atom. The first-order valence-corrected chi connectivity index (χ1v) is 6.97. The predicted molar refractivity (Wildman–Crippen MR) is 71.8 cm³/mol. The molecular formula is C13H17NO3S. The highest BCUT2D eigenvalue weighted by atomic mass is 32.2. The van der Waals surface area contributed by atoms with Crippen molar-refractivity contribution in [3.05, 3.63) is 29.8 Å². The van der Waals surface area contributed by atoms with Crippen LogP contribution in [0.5, 0.6) is 0 Å². The highest BCUT2D eigenvalue weighted by Crippen LogP contribution is 2.14. The lowest BCUT2D eigenvalue weighted by Crippen LogP contribution is -2.26. The second kappa shape index (κ2) is 7.76. The quantitative estimate of drug-likeness (QED) is 0.633. The number of benzene rings is 1. The minimum absolute atomic E-state index is 0.174. The number of rotatable bonds is 6. The zero-order valence-electron chi connectivity index (χ0n) is 10.6. The van der Waals surface area contributed by atoms with E-state index in [2.05, 4.69) is 5.32 Å². The Bertz CT molecular complexity index is 403. The third kappa shape index (κ3) is 4.79. The van der Waals surface area contributed by atoms with E-state index in [1.165, 1.54) is 0 Å². The van der Waals surface area contributed by atoms with Crippen molar-refractivity contribution in [3.8, 4) is 0 Å². The summed E-state index contributed by atoms with van der Waals surface area (Å²) in [5.41, 5.74) is 0.594. The van der Waals surface area contributed by atoms with Crippen LogP contribution in [0.3, 0.4) is 0 Å². The highest BCUT2D eigenvalue weighted by molar-refractivity contribution is 7.98. The fourth-order valence-corrected chi connectivity index (χ4v) is 1.76. The number of carbonyl (C=O) groups excluding carboxylic acids is 2. The van der Waals surface area contributed by atoms with Gasteiger partial charge in [0.1, 0.15) is 0 Å². The second-order valence-corrected chi connectivity index (χ2v) is 4.42. The smallest absolute Gasteiger partial charge is 0.307 e. The molecule has 0 atom stereocenters. The van der Waals surface area contributed by atoms with Crippen LogP contribution < -0.4 is 5.32 Å². The molecule has 0 saturated heterocycles. The Balaban J connectivity index is 2.38. The molecule has 0 radical (unpaired) electrons. The van der Waals surface area contributed by atoms with E-state index in [9.17, 15) is 9.59 Å². The van der Waals surface area contributed by atoms with Crippen molar-refractivity contribution in [2.75, 3.05) is 19.4 Å². The third-order valence-corrected chi connectivity index (χ3v) is 3.02. The first-order chi connectivity index (χ1) is 8.67. The van der Waals surface area contributed by atoms with Gasteiger partial charge in [0.05, 0.1) is 13.0 Å². The molecule has 1 aromatic rings. The first kappa shape index (κ1) is 14.6.